The van der Waals surface area contributed by atoms with Crippen LogP contribution in [0.15, 0.2) is 72.3 Å². The topological polar surface area (TPSA) is 131 Å². The third-order valence-corrected chi connectivity index (χ3v) is 14.7. The Kier molecular flexibility index (Phi) is 8.67. The highest BCUT2D eigenvalue weighted by Crippen LogP contribution is 2.66. The Morgan fingerprint density at radius 3 is 2.41 bits per heavy atom. The van der Waals surface area contributed by atoms with Gasteiger partial charge in [-0.05, 0) is 109 Å². The molecule has 0 radical (unpaired) electrons. The number of methoxy groups -OCH3 is 2. The Morgan fingerprint density at radius 1 is 0.946 bits per heavy atom. The normalized spacial score (nSPS) is 25.8. The summed E-state index contributed by atoms with van der Waals surface area (Å²) in [4.78, 5) is 62.2. The number of aromatic hydroxyl groups is 1. The number of hydrogen-bond acceptors (Lipinski definition) is 9. The Labute approximate surface area is 345 Å². The molecule has 9 rings (SSSR count). The summed E-state index contributed by atoms with van der Waals surface area (Å²) in [5.41, 5.74) is 1.69. The van der Waals surface area contributed by atoms with Gasteiger partial charge in [0, 0.05) is 50.0 Å². The van der Waals surface area contributed by atoms with Gasteiger partial charge in [-0.15, -0.1) is 11.3 Å². The monoisotopic (exact) mass is 902 g/mol. The number of anilines is 2. The molecule has 2 saturated heterocycles. The van der Waals surface area contributed by atoms with Crippen molar-refractivity contribution in [1.82, 2.24) is 9.78 Å². The summed E-state index contributed by atoms with van der Waals surface area (Å²) in [5.74, 6) is -4.60. The van der Waals surface area contributed by atoms with Gasteiger partial charge in [0.1, 0.15) is 28.8 Å². The van der Waals surface area contributed by atoms with E-state index in [4.69, 9.17) is 26.2 Å². The van der Waals surface area contributed by atoms with E-state index in [1.54, 1.807) is 54.3 Å². The standard InChI is InChI=1S/C42H36ClIN4O7S/c1-19-26-14-20(43)6-13-32(26)56-37(19)29-18-33(46(3)45-29)48-39(51)28-17-27-24(11-12-25-34(27)40(52)47(38(25)50)22-9-7-21(44)8-10-22)36(42(28,2)41(48)53)35-30(49)15-23(54-4)16-31(35)55-5/h6-11,13-16,18,25,27-28,34,36,49H,12,17H2,1-5H3. The second kappa shape index (κ2) is 13.2. The highest BCUT2D eigenvalue weighted by atomic mass is 127. The van der Waals surface area contributed by atoms with Gasteiger partial charge in [-0.3, -0.25) is 28.8 Å². The molecule has 2 aliphatic carbocycles. The van der Waals surface area contributed by atoms with Crippen molar-refractivity contribution in [3.05, 3.63) is 92.0 Å². The van der Waals surface area contributed by atoms with Gasteiger partial charge < -0.3 is 14.6 Å². The Balaban J connectivity index is 1.18. The van der Waals surface area contributed by atoms with E-state index < -0.39 is 46.8 Å². The fourth-order valence-corrected chi connectivity index (χ4v) is 11.4. The minimum Gasteiger partial charge on any atom is -0.507 e. The van der Waals surface area contributed by atoms with Crippen LogP contribution in [0.1, 0.15) is 36.8 Å². The number of aromatic nitrogens is 2. The molecule has 4 amide bonds. The van der Waals surface area contributed by atoms with Gasteiger partial charge in [-0.2, -0.15) is 5.10 Å². The molecule has 11 nitrogen and oxygen atoms in total. The highest BCUT2D eigenvalue weighted by molar-refractivity contribution is 14.1. The van der Waals surface area contributed by atoms with Crippen molar-refractivity contribution in [3.63, 3.8) is 0 Å². The molecular weight excluding hydrogens is 867 g/mol. The minimum absolute atomic E-state index is 0.154. The zero-order valence-corrected chi connectivity index (χ0v) is 34.7. The summed E-state index contributed by atoms with van der Waals surface area (Å²) in [6.45, 7) is 3.77. The molecule has 286 valence electrons. The molecule has 3 aromatic carbocycles. The first-order valence-corrected chi connectivity index (χ1v) is 20.4. The first-order chi connectivity index (χ1) is 26.8. The van der Waals surface area contributed by atoms with E-state index in [2.05, 4.69) is 22.6 Å². The first kappa shape index (κ1) is 36.9. The van der Waals surface area contributed by atoms with Crippen LogP contribution in [-0.4, -0.2) is 52.7 Å². The smallest absolute Gasteiger partial charge is 0.242 e. The van der Waals surface area contributed by atoms with Gasteiger partial charge in [-0.1, -0.05) is 23.3 Å². The minimum atomic E-state index is -1.43. The fraction of sp³-hybridized carbons (Fsp3) is 0.310. The molecule has 5 aromatic rings. The predicted octanol–water partition coefficient (Wildman–Crippen LogP) is 8.03. The SMILES string of the molecule is COc1cc(O)c(C2C3=CCC4C(=O)N(c5ccc(I)cc5)C(=O)C4C3CC3C(=O)N(c4cc(-c5sc6ccc(Cl)cc6c5C)nn4C)C(=O)C32C)c(OC)c1. The van der Waals surface area contributed by atoms with Crippen molar-refractivity contribution in [3.8, 4) is 27.8 Å². The molecule has 56 heavy (non-hydrogen) atoms. The molecule has 6 atom stereocenters. The number of amides is 4. The number of carbonyl (C=O) groups is 4. The molecule has 0 spiro atoms. The van der Waals surface area contributed by atoms with Gasteiger partial charge in [0.05, 0.1) is 48.0 Å². The zero-order valence-electron chi connectivity index (χ0n) is 31.0. The van der Waals surface area contributed by atoms with Gasteiger partial charge in [-0.25, -0.2) is 4.90 Å². The van der Waals surface area contributed by atoms with Crippen LogP contribution in [0, 0.1) is 39.6 Å². The van der Waals surface area contributed by atoms with Gasteiger partial charge in [0.2, 0.25) is 23.6 Å². The quantitative estimate of drug-likeness (QED) is 0.103. The average molecular weight is 903 g/mol. The maximum absolute atomic E-state index is 15.3. The average Bonchev–Trinajstić information content (AvgIpc) is 3.85. The molecule has 4 aliphatic rings. The van der Waals surface area contributed by atoms with Crippen LogP contribution >= 0.6 is 45.5 Å². The van der Waals surface area contributed by atoms with Gasteiger partial charge >= 0.3 is 0 Å². The van der Waals surface area contributed by atoms with Gasteiger partial charge in [0.25, 0.3) is 0 Å². The van der Waals surface area contributed by atoms with Crippen molar-refractivity contribution >= 4 is 90.7 Å². The van der Waals surface area contributed by atoms with Crippen LogP contribution in [0.25, 0.3) is 20.7 Å². The lowest BCUT2D eigenvalue weighted by atomic mass is 9.51. The number of fused-ring (bicyclic) bond motifs is 5. The Hall–Kier alpha value is -4.73. The van der Waals surface area contributed by atoms with Crippen LogP contribution in [0.3, 0.4) is 0 Å². The van der Waals surface area contributed by atoms with Crippen molar-refractivity contribution in [2.75, 3.05) is 24.0 Å². The van der Waals surface area contributed by atoms with E-state index in [-0.39, 0.29) is 36.2 Å². The number of benzene rings is 3. The number of ether oxygens (including phenoxy) is 2. The van der Waals surface area contributed by atoms with Crippen LogP contribution < -0.4 is 19.3 Å². The lowest BCUT2D eigenvalue weighted by Gasteiger charge is -2.49. The largest absolute Gasteiger partial charge is 0.507 e. The van der Waals surface area contributed by atoms with Crippen LogP contribution in [0.4, 0.5) is 11.5 Å². The maximum Gasteiger partial charge on any atom is 0.242 e. The lowest BCUT2D eigenvalue weighted by Crippen LogP contribution is -2.49. The Bertz CT molecular complexity index is 2580. The molecule has 6 unspecified atom stereocenters. The van der Waals surface area contributed by atoms with E-state index in [0.29, 0.717) is 33.5 Å². The van der Waals surface area contributed by atoms with E-state index in [1.165, 1.54) is 30.1 Å². The van der Waals surface area contributed by atoms with Crippen molar-refractivity contribution in [2.45, 2.75) is 32.6 Å². The highest BCUT2D eigenvalue weighted by Gasteiger charge is 2.68. The number of rotatable bonds is 6. The number of thiophene rings is 1. The van der Waals surface area contributed by atoms with Crippen LogP contribution in [-0.2, 0) is 26.2 Å². The van der Waals surface area contributed by atoms with Crippen LogP contribution in [0.2, 0.25) is 5.02 Å². The Morgan fingerprint density at radius 2 is 1.70 bits per heavy atom. The molecule has 2 aromatic heterocycles. The third-order valence-electron chi connectivity index (χ3n) is 12.4. The number of allylic oxidation sites excluding steroid dienone is 2. The second-order valence-electron chi connectivity index (χ2n) is 15.1. The van der Waals surface area contributed by atoms with Crippen LogP contribution in [0.5, 0.6) is 17.2 Å². The molecular formula is C42H36ClIN4O7S. The van der Waals surface area contributed by atoms with Crippen molar-refractivity contribution < 1.29 is 33.8 Å². The number of phenols is 1. The second-order valence-corrected chi connectivity index (χ2v) is 17.9. The molecule has 0 bridgehead atoms. The molecule has 2 aliphatic heterocycles. The third kappa shape index (κ3) is 5.15. The summed E-state index contributed by atoms with van der Waals surface area (Å²) in [7, 11) is 4.65. The summed E-state index contributed by atoms with van der Waals surface area (Å²) in [6, 6.07) is 17.8. The van der Waals surface area contributed by atoms with Crippen molar-refractivity contribution in [2.24, 2.45) is 36.1 Å². The van der Waals surface area contributed by atoms with E-state index >= 15 is 9.59 Å². The number of halogens is 2. The van der Waals surface area contributed by atoms with E-state index in [9.17, 15) is 14.7 Å². The molecule has 1 N–H and O–H groups in total. The predicted molar refractivity (Wildman–Crippen MR) is 221 cm³/mol. The summed E-state index contributed by atoms with van der Waals surface area (Å²) < 4.78 is 14.9. The number of phenolic OH excluding ortho intramolecular Hbond substituents is 1. The van der Waals surface area contributed by atoms with E-state index in [0.717, 1.165) is 29.7 Å². The number of aryl methyl sites for hydroxylation is 2. The first-order valence-electron chi connectivity index (χ1n) is 18.2. The number of hydrogen-bond donors (Lipinski definition) is 1. The molecule has 4 heterocycles. The zero-order chi connectivity index (χ0) is 39.5. The summed E-state index contributed by atoms with van der Waals surface area (Å²) >= 11 is 10.1. The van der Waals surface area contributed by atoms with Crippen molar-refractivity contribution in [1.29, 1.82) is 0 Å². The molecule has 3 fully saturated rings. The lowest BCUT2D eigenvalue weighted by molar-refractivity contribution is -0.131. The molecule has 14 heteroatoms. The van der Waals surface area contributed by atoms with E-state index in [1.807, 2.05) is 43.3 Å². The fourth-order valence-electron chi connectivity index (χ4n) is 9.77. The summed E-state index contributed by atoms with van der Waals surface area (Å²) in [5, 5.41) is 18.2. The number of imide groups is 2. The summed E-state index contributed by atoms with van der Waals surface area (Å²) in [6.07, 6.45) is 2.36. The maximum atomic E-state index is 15.3. The molecule has 1 saturated carbocycles. The number of carbonyl (C=O) groups excluding carboxylic acids is 4. The van der Waals surface area contributed by atoms with Gasteiger partial charge in [0.15, 0.2) is 0 Å². The number of nitrogens with zero attached hydrogens (tertiary/aromatic N) is 4.